The first-order chi connectivity index (χ1) is 13.2. The van der Waals surface area contributed by atoms with Crippen molar-refractivity contribution in [3.8, 4) is 11.5 Å². The van der Waals surface area contributed by atoms with Gasteiger partial charge in [-0.2, -0.15) is 0 Å². The number of aromatic nitrogens is 1. The van der Waals surface area contributed by atoms with Gasteiger partial charge < -0.3 is 14.8 Å². The number of piperidine rings is 1. The first kappa shape index (κ1) is 19.2. The van der Waals surface area contributed by atoms with Crippen LogP contribution in [0.2, 0.25) is 0 Å². The van der Waals surface area contributed by atoms with Gasteiger partial charge in [0.25, 0.3) is 0 Å². The fraction of sp³-hybridized carbons (Fsp3) is 0.429. The zero-order valence-electron chi connectivity index (χ0n) is 15.8. The van der Waals surface area contributed by atoms with Crippen LogP contribution in [0.4, 0.5) is 0 Å². The fourth-order valence-electron chi connectivity index (χ4n) is 3.19. The molecule has 2 aromatic rings. The van der Waals surface area contributed by atoms with Gasteiger partial charge in [-0.15, -0.1) is 0 Å². The van der Waals surface area contributed by atoms with Gasteiger partial charge in [0.05, 0.1) is 13.7 Å². The van der Waals surface area contributed by atoms with Crippen LogP contribution in [-0.4, -0.2) is 55.2 Å². The second kappa shape index (κ2) is 9.92. The minimum absolute atomic E-state index is 0.0806. The lowest BCUT2D eigenvalue weighted by molar-refractivity contribution is -0.122. The summed E-state index contributed by atoms with van der Waals surface area (Å²) < 4.78 is 11.1. The van der Waals surface area contributed by atoms with Crippen LogP contribution >= 0.6 is 0 Å². The smallest absolute Gasteiger partial charge is 0.234 e. The van der Waals surface area contributed by atoms with Crippen LogP contribution in [0.25, 0.3) is 0 Å². The second-order valence-electron chi connectivity index (χ2n) is 6.72. The highest BCUT2D eigenvalue weighted by atomic mass is 16.5. The summed E-state index contributed by atoms with van der Waals surface area (Å²) in [6, 6.07) is 11.7. The van der Waals surface area contributed by atoms with Crippen LogP contribution in [0.5, 0.6) is 11.5 Å². The Bertz CT molecular complexity index is 698. The number of nitrogens with one attached hydrogen (secondary N) is 1. The van der Waals surface area contributed by atoms with E-state index >= 15 is 0 Å². The number of carbonyl (C=O) groups excluding carboxylic acids is 1. The first-order valence-electron chi connectivity index (χ1n) is 9.41. The molecule has 0 bridgehead atoms. The Morgan fingerprint density at radius 1 is 1.11 bits per heavy atom. The van der Waals surface area contributed by atoms with Crippen molar-refractivity contribution in [2.45, 2.75) is 25.4 Å². The molecule has 0 atom stereocenters. The SMILES string of the molecule is COc1ccc(CCNC(=O)CN2CCC(Oc3ccncc3)CC2)cc1. The van der Waals surface area contributed by atoms with E-state index in [2.05, 4.69) is 15.2 Å². The van der Waals surface area contributed by atoms with Crippen molar-refractivity contribution < 1.29 is 14.3 Å². The quantitative estimate of drug-likeness (QED) is 0.774. The van der Waals surface area contributed by atoms with Crippen molar-refractivity contribution in [1.29, 1.82) is 0 Å². The molecule has 1 aliphatic heterocycles. The maximum Gasteiger partial charge on any atom is 0.234 e. The van der Waals surface area contributed by atoms with E-state index < -0.39 is 0 Å². The van der Waals surface area contributed by atoms with Gasteiger partial charge in [0.2, 0.25) is 5.91 Å². The van der Waals surface area contributed by atoms with Crippen LogP contribution in [0.15, 0.2) is 48.8 Å². The van der Waals surface area contributed by atoms with E-state index in [-0.39, 0.29) is 12.0 Å². The highest BCUT2D eigenvalue weighted by Gasteiger charge is 2.21. The number of amides is 1. The van der Waals surface area contributed by atoms with Crippen molar-refractivity contribution in [1.82, 2.24) is 15.2 Å². The van der Waals surface area contributed by atoms with E-state index in [1.807, 2.05) is 36.4 Å². The van der Waals surface area contributed by atoms with E-state index in [9.17, 15) is 4.79 Å². The summed E-state index contributed by atoms with van der Waals surface area (Å²) in [4.78, 5) is 18.3. The molecule has 0 spiro atoms. The number of methoxy groups -OCH3 is 1. The maximum absolute atomic E-state index is 12.2. The van der Waals surface area contributed by atoms with Gasteiger partial charge in [-0.25, -0.2) is 0 Å². The Balaban J connectivity index is 1.32. The second-order valence-corrected chi connectivity index (χ2v) is 6.72. The Morgan fingerprint density at radius 3 is 2.48 bits per heavy atom. The van der Waals surface area contributed by atoms with Crippen LogP contribution in [0.3, 0.4) is 0 Å². The predicted octanol–water partition coefficient (Wildman–Crippen LogP) is 2.29. The third kappa shape index (κ3) is 6.25. The minimum atomic E-state index is 0.0806. The van der Waals surface area contributed by atoms with Crippen molar-refractivity contribution in [2.75, 3.05) is 33.3 Å². The van der Waals surface area contributed by atoms with Gasteiger partial charge in [-0.3, -0.25) is 14.7 Å². The monoisotopic (exact) mass is 369 g/mol. The molecule has 0 saturated carbocycles. The average Bonchev–Trinajstić information content (AvgIpc) is 2.71. The number of hydrogen-bond donors (Lipinski definition) is 1. The zero-order valence-corrected chi connectivity index (χ0v) is 15.8. The highest BCUT2D eigenvalue weighted by Crippen LogP contribution is 2.18. The van der Waals surface area contributed by atoms with Gasteiger partial charge in [0.15, 0.2) is 0 Å². The van der Waals surface area contributed by atoms with Crippen molar-refractivity contribution >= 4 is 5.91 Å². The average molecular weight is 369 g/mol. The van der Waals surface area contributed by atoms with Gasteiger partial charge in [-0.05, 0) is 49.1 Å². The van der Waals surface area contributed by atoms with E-state index in [0.717, 1.165) is 43.9 Å². The van der Waals surface area contributed by atoms with Crippen LogP contribution in [0, 0.1) is 0 Å². The minimum Gasteiger partial charge on any atom is -0.497 e. The molecule has 0 unspecified atom stereocenters. The van der Waals surface area contributed by atoms with E-state index in [4.69, 9.17) is 9.47 Å². The first-order valence-corrected chi connectivity index (χ1v) is 9.41. The molecule has 6 nitrogen and oxygen atoms in total. The molecule has 3 rings (SSSR count). The number of likely N-dealkylation sites (tertiary alicyclic amines) is 1. The Kier molecular flexibility index (Phi) is 7.04. The summed E-state index contributed by atoms with van der Waals surface area (Å²) in [7, 11) is 1.66. The summed E-state index contributed by atoms with van der Waals surface area (Å²) in [5.74, 6) is 1.79. The van der Waals surface area contributed by atoms with E-state index in [1.165, 1.54) is 5.56 Å². The van der Waals surface area contributed by atoms with Crippen molar-refractivity contribution in [3.05, 3.63) is 54.4 Å². The molecular formula is C21H27N3O3. The Morgan fingerprint density at radius 2 is 1.81 bits per heavy atom. The lowest BCUT2D eigenvalue weighted by Crippen LogP contribution is -2.44. The highest BCUT2D eigenvalue weighted by molar-refractivity contribution is 5.78. The van der Waals surface area contributed by atoms with Crippen molar-refractivity contribution in [2.24, 2.45) is 0 Å². The zero-order chi connectivity index (χ0) is 18.9. The summed E-state index contributed by atoms with van der Waals surface area (Å²) >= 11 is 0. The molecule has 2 heterocycles. The number of nitrogens with zero attached hydrogens (tertiary/aromatic N) is 2. The molecule has 1 N–H and O–H groups in total. The van der Waals surface area contributed by atoms with Gasteiger partial charge in [0.1, 0.15) is 17.6 Å². The fourth-order valence-corrected chi connectivity index (χ4v) is 3.19. The largest absolute Gasteiger partial charge is 0.497 e. The van der Waals surface area contributed by atoms with Crippen molar-refractivity contribution in [3.63, 3.8) is 0 Å². The molecule has 1 saturated heterocycles. The topological polar surface area (TPSA) is 63.7 Å². The number of carbonyl (C=O) groups is 1. The summed E-state index contributed by atoms with van der Waals surface area (Å²) in [5.41, 5.74) is 1.19. The molecule has 0 radical (unpaired) electrons. The normalized spacial score (nSPS) is 15.3. The van der Waals surface area contributed by atoms with Gasteiger partial charge in [0, 0.05) is 32.0 Å². The third-order valence-corrected chi connectivity index (χ3v) is 4.75. The molecular weight excluding hydrogens is 342 g/mol. The molecule has 6 heteroatoms. The molecule has 1 amide bonds. The lowest BCUT2D eigenvalue weighted by Gasteiger charge is -2.31. The Hall–Kier alpha value is -2.60. The lowest BCUT2D eigenvalue weighted by atomic mass is 10.1. The standard InChI is InChI=1S/C21H27N3O3/c1-26-18-4-2-17(3-5-18)6-13-23-21(25)16-24-14-9-20(10-15-24)27-19-7-11-22-12-8-19/h2-5,7-8,11-12,20H,6,9-10,13-16H2,1H3,(H,23,25). The van der Waals surface area contributed by atoms with Crippen LogP contribution in [0.1, 0.15) is 18.4 Å². The van der Waals surface area contributed by atoms with E-state index in [1.54, 1.807) is 19.5 Å². The van der Waals surface area contributed by atoms with Crippen LogP contribution in [-0.2, 0) is 11.2 Å². The molecule has 1 aromatic heterocycles. The van der Waals surface area contributed by atoms with E-state index in [0.29, 0.717) is 13.1 Å². The number of rotatable bonds is 8. The molecule has 27 heavy (non-hydrogen) atoms. The molecule has 144 valence electrons. The van der Waals surface area contributed by atoms with Crippen LogP contribution < -0.4 is 14.8 Å². The summed E-state index contributed by atoms with van der Waals surface area (Å²) in [6.07, 6.45) is 6.36. The molecule has 1 fully saturated rings. The summed E-state index contributed by atoms with van der Waals surface area (Å²) in [5, 5.41) is 3.01. The molecule has 1 aliphatic rings. The number of hydrogen-bond acceptors (Lipinski definition) is 5. The summed E-state index contributed by atoms with van der Waals surface area (Å²) in [6.45, 7) is 2.85. The number of pyridine rings is 1. The molecule has 1 aromatic carbocycles. The maximum atomic E-state index is 12.2. The third-order valence-electron chi connectivity index (χ3n) is 4.75. The molecule has 0 aliphatic carbocycles. The predicted molar refractivity (Wildman–Crippen MR) is 104 cm³/mol. The Labute approximate surface area is 160 Å². The number of benzene rings is 1. The van der Waals surface area contributed by atoms with Gasteiger partial charge in [-0.1, -0.05) is 12.1 Å². The number of ether oxygens (including phenoxy) is 2. The van der Waals surface area contributed by atoms with Gasteiger partial charge >= 0.3 is 0 Å².